The van der Waals surface area contributed by atoms with Crippen LogP contribution in [0.4, 0.5) is 9.59 Å². The van der Waals surface area contributed by atoms with E-state index in [1.54, 1.807) is 14.1 Å². The Bertz CT molecular complexity index is 581. The Morgan fingerprint density at radius 3 is 2.65 bits per heavy atom. The summed E-state index contributed by atoms with van der Waals surface area (Å²) in [6.07, 6.45) is 3.27. The number of hydrogen-bond acceptors (Lipinski definition) is 6. The van der Waals surface area contributed by atoms with Crippen LogP contribution in [0.25, 0.3) is 0 Å². The topological polar surface area (TPSA) is 76.8 Å². The molecule has 0 aliphatic carbocycles. The van der Waals surface area contributed by atoms with Gasteiger partial charge in [0.1, 0.15) is 0 Å². The summed E-state index contributed by atoms with van der Waals surface area (Å²) < 4.78 is 6.98. The Hall–Kier alpha value is -1.35. The third kappa shape index (κ3) is 6.74. The molecule has 1 rings (SSSR count). The van der Waals surface area contributed by atoms with Crippen molar-refractivity contribution in [3.8, 4) is 0 Å². The zero-order chi connectivity index (χ0) is 17.2. The van der Waals surface area contributed by atoms with Gasteiger partial charge in [-0.25, -0.2) is 9.59 Å². The molecule has 1 heterocycles. The smallest absolute Gasteiger partial charge is 0.437 e. The Balaban J connectivity index is 2.95. The van der Waals surface area contributed by atoms with E-state index >= 15 is 0 Å². The minimum absolute atomic E-state index is 0.239. The van der Waals surface area contributed by atoms with Crippen molar-refractivity contribution in [2.45, 2.75) is 43.9 Å². The molecule has 1 aromatic heterocycles. The van der Waals surface area contributed by atoms with Gasteiger partial charge in [0.15, 0.2) is 4.34 Å². The summed E-state index contributed by atoms with van der Waals surface area (Å²) in [5.41, 5.74) is 0. The van der Waals surface area contributed by atoms with Gasteiger partial charge in [-0.1, -0.05) is 49.8 Å². The molecule has 0 saturated heterocycles. The van der Waals surface area contributed by atoms with Crippen molar-refractivity contribution in [1.82, 2.24) is 14.7 Å². The van der Waals surface area contributed by atoms with Gasteiger partial charge >= 0.3 is 12.1 Å². The van der Waals surface area contributed by atoms with Crippen LogP contribution in [0.3, 0.4) is 0 Å². The van der Waals surface area contributed by atoms with Gasteiger partial charge in [0.05, 0.1) is 6.61 Å². The van der Waals surface area contributed by atoms with Crippen molar-refractivity contribution in [3.05, 3.63) is 4.80 Å². The fourth-order valence-electron chi connectivity index (χ4n) is 1.46. The first-order valence-electron chi connectivity index (χ1n) is 7.65. The number of rotatable bonds is 7. The first-order chi connectivity index (χ1) is 11.0. The first-order valence-corrected chi connectivity index (χ1v) is 9.45. The monoisotopic (exact) mass is 360 g/mol. The fourth-order valence-corrected chi connectivity index (χ4v) is 3.29. The summed E-state index contributed by atoms with van der Waals surface area (Å²) in [6.45, 7) is 4.49. The Kier molecular flexibility index (Phi) is 8.93. The standard InChI is InChI=1S/C14H24N4O3S2/c1-5-7-8-9-21-14(20)18-12(15-11(19)17(3)4)23-13(16-18)22-10-6-2/h5-10H2,1-4H3. The minimum Gasteiger partial charge on any atom is -0.448 e. The van der Waals surface area contributed by atoms with Crippen LogP contribution in [0.5, 0.6) is 0 Å². The van der Waals surface area contributed by atoms with Gasteiger partial charge in [0.2, 0.25) is 4.80 Å². The number of amides is 2. The number of carbonyl (C=O) groups is 2. The number of carbonyl (C=O) groups excluding carboxylic acids is 2. The molecule has 7 nitrogen and oxygen atoms in total. The third-order valence-electron chi connectivity index (χ3n) is 2.69. The summed E-state index contributed by atoms with van der Waals surface area (Å²) in [7, 11) is 3.21. The largest absolute Gasteiger partial charge is 0.448 e. The average Bonchev–Trinajstić information content (AvgIpc) is 2.92. The molecule has 0 N–H and O–H groups in total. The molecule has 23 heavy (non-hydrogen) atoms. The number of unbranched alkanes of at least 4 members (excludes halogenated alkanes) is 2. The maximum atomic E-state index is 12.2. The third-order valence-corrected chi connectivity index (χ3v) is 4.94. The molecule has 0 radical (unpaired) electrons. The molecule has 0 saturated carbocycles. The van der Waals surface area contributed by atoms with Gasteiger partial charge in [-0.3, -0.25) is 0 Å². The summed E-state index contributed by atoms with van der Waals surface area (Å²) >= 11 is 2.75. The van der Waals surface area contributed by atoms with E-state index in [0.717, 1.165) is 36.1 Å². The summed E-state index contributed by atoms with van der Waals surface area (Å²) in [5.74, 6) is 0.889. The van der Waals surface area contributed by atoms with Crippen molar-refractivity contribution in [1.29, 1.82) is 0 Å². The highest BCUT2D eigenvalue weighted by molar-refractivity contribution is 8.00. The SMILES string of the molecule is CCCCCOC(=O)n1nc(SCCC)sc1=NC(=O)N(C)C. The molecule has 2 amide bonds. The molecular formula is C14H24N4O3S2. The Labute approximate surface area is 144 Å². The molecule has 0 bridgehead atoms. The molecule has 9 heteroatoms. The molecule has 0 atom stereocenters. The maximum absolute atomic E-state index is 12.2. The number of nitrogens with zero attached hydrogens (tertiary/aromatic N) is 4. The lowest BCUT2D eigenvalue weighted by Crippen LogP contribution is -2.29. The van der Waals surface area contributed by atoms with Crippen LogP contribution < -0.4 is 4.80 Å². The summed E-state index contributed by atoms with van der Waals surface area (Å²) in [6, 6.07) is -0.437. The van der Waals surface area contributed by atoms with E-state index in [2.05, 4.69) is 23.9 Å². The van der Waals surface area contributed by atoms with E-state index in [0.29, 0.717) is 10.9 Å². The maximum Gasteiger partial charge on any atom is 0.437 e. The molecular weight excluding hydrogens is 336 g/mol. The second-order valence-corrected chi connectivity index (χ2v) is 7.32. The van der Waals surface area contributed by atoms with Crippen molar-refractivity contribution in [3.63, 3.8) is 0 Å². The van der Waals surface area contributed by atoms with E-state index in [1.807, 2.05) is 0 Å². The van der Waals surface area contributed by atoms with Crippen molar-refractivity contribution >= 4 is 35.2 Å². The molecule has 130 valence electrons. The second kappa shape index (κ2) is 10.4. The number of thioether (sulfide) groups is 1. The van der Waals surface area contributed by atoms with Crippen LogP contribution in [0, 0.1) is 0 Å². The van der Waals surface area contributed by atoms with Crippen LogP contribution in [-0.4, -0.2) is 53.3 Å². The summed E-state index contributed by atoms with van der Waals surface area (Å²) in [4.78, 5) is 29.5. The van der Waals surface area contributed by atoms with E-state index < -0.39 is 12.1 Å². The van der Waals surface area contributed by atoms with Crippen molar-refractivity contribution in [2.24, 2.45) is 4.99 Å². The van der Waals surface area contributed by atoms with Gasteiger partial charge < -0.3 is 9.64 Å². The number of aromatic nitrogens is 2. The molecule has 0 spiro atoms. The van der Waals surface area contributed by atoms with Gasteiger partial charge in [0.25, 0.3) is 0 Å². The minimum atomic E-state index is -0.592. The lowest BCUT2D eigenvalue weighted by Gasteiger charge is -2.05. The Morgan fingerprint density at radius 2 is 2.04 bits per heavy atom. The van der Waals surface area contributed by atoms with Gasteiger partial charge in [-0.2, -0.15) is 4.99 Å². The van der Waals surface area contributed by atoms with Gasteiger partial charge in [-0.15, -0.1) is 9.78 Å². The van der Waals surface area contributed by atoms with Crippen LogP contribution in [0.15, 0.2) is 9.33 Å². The van der Waals surface area contributed by atoms with Gasteiger partial charge in [0, 0.05) is 19.8 Å². The second-order valence-electron chi connectivity index (χ2n) is 5.02. The summed E-state index contributed by atoms with van der Waals surface area (Å²) in [5, 5.41) is 4.22. The zero-order valence-corrected chi connectivity index (χ0v) is 15.7. The molecule has 1 aromatic rings. The van der Waals surface area contributed by atoms with Crippen molar-refractivity contribution in [2.75, 3.05) is 26.5 Å². The lowest BCUT2D eigenvalue weighted by atomic mass is 10.3. The highest BCUT2D eigenvalue weighted by Crippen LogP contribution is 2.18. The zero-order valence-electron chi connectivity index (χ0n) is 14.1. The van der Waals surface area contributed by atoms with Crippen LogP contribution in [0.2, 0.25) is 0 Å². The fraction of sp³-hybridized carbons (Fsp3) is 0.714. The highest BCUT2D eigenvalue weighted by Gasteiger charge is 2.15. The van der Waals surface area contributed by atoms with Crippen LogP contribution in [-0.2, 0) is 4.74 Å². The first kappa shape index (κ1) is 19.7. The molecule has 0 fully saturated rings. The van der Waals surface area contributed by atoms with Crippen LogP contribution >= 0.6 is 23.1 Å². The van der Waals surface area contributed by atoms with E-state index in [9.17, 15) is 9.59 Å². The lowest BCUT2D eigenvalue weighted by molar-refractivity contribution is 0.141. The average molecular weight is 361 g/mol. The highest BCUT2D eigenvalue weighted by atomic mass is 32.2. The van der Waals surface area contributed by atoms with Crippen LogP contribution in [0.1, 0.15) is 39.5 Å². The number of urea groups is 1. The van der Waals surface area contributed by atoms with Gasteiger partial charge in [-0.05, 0) is 12.8 Å². The van der Waals surface area contributed by atoms with E-state index in [-0.39, 0.29) is 4.80 Å². The van der Waals surface area contributed by atoms with Crippen molar-refractivity contribution < 1.29 is 14.3 Å². The normalized spacial score (nSPS) is 11.6. The molecule has 0 aliphatic rings. The van der Waals surface area contributed by atoms with E-state index in [1.165, 1.54) is 28.0 Å². The Morgan fingerprint density at radius 1 is 1.30 bits per heavy atom. The predicted molar refractivity (Wildman–Crippen MR) is 92.0 cm³/mol. The number of ether oxygens (including phenoxy) is 1. The predicted octanol–water partition coefficient (Wildman–Crippen LogP) is 3.20. The molecule has 0 aromatic carbocycles. The molecule has 0 aliphatic heterocycles. The van der Waals surface area contributed by atoms with E-state index in [4.69, 9.17) is 4.74 Å². The quantitative estimate of drug-likeness (QED) is 0.551. The molecule has 0 unspecified atom stereocenters. The number of hydrogen-bond donors (Lipinski definition) is 0.